The van der Waals surface area contributed by atoms with E-state index in [2.05, 4.69) is 0 Å². The summed E-state index contributed by atoms with van der Waals surface area (Å²) in [5, 5.41) is 18.5. The number of anilines is 2. The maximum atomic E-state index is 14.2. The molecule has 0 spiro atoms. The third-order valence-corrected chi connectivity index (χ3v) is 2.78. The molecule has 6 heteroatoms. The second kappa shape index (κ2) is 4.31. The van der Waals surface area contributed by atoms with E-state index in [1.165, 1.54) is 0 Å². The van der Waals surface area contributed by atoms with Crippen LogP contribution in [0, 0.1) is 0 Å². The topological polar surface area (TPSA) is 92.5 Å². The van der Waals surface area contributed by atoms with Gasteiger partial charge in [-0.05, 0) is 36.4 Å². The summed E-state index contributed by atoms with van der Waals surface area (Å²) in [6.45, 7) is 0. The number of halogens is 2. The van der Waals surface area contributed by atoms with E-state index < -0.39 is 5.92 Å². The van der Waals surface area contributed by atoms with E-state index in [1.807, 2.05) is 0 Å². The number of phenolic OH excluding ortho intramolecular Hbond substituents is 2. The van der Waals surface area contributed by atoms with E-state index in [9.17, 15) is 19.0 Å². The number of hydrogen-bond acceptors (Lipinski definition) is 4. The molecule has 0 aromatic heterocycles. The maximum Gasteiger partial charge on any atom is 0.298 e. The minimum atomic E-state index is -3.33. The van der Waals surface area contributed by atoms with E-state index in [4.69, 9.17) is 11.5 Å². The van der Waals surface area contributed by atoms with Crippen molar-refractivity contribution in [1.29, 1.82) is 0 Å². The molecule has 100 valence electrons. The van der Waals surface area contributed by atoms with Gasteiger partial charge in [-0.15, -0.1) is 0 Å². The van der Waals surface area contributed by atoms with Crippen molar-refractivity contribution < 1.29 is 19.0 Å². The lowest BCUT2D eigenvalue weighted by Gasteiger charge is -2.18. The van der Waals surface area contributed by atoms with Gasteiger partial charge in [-0.3, -0.25) is 0 Å². The Kier molecular flexibility index (Phi) is 2.94. The lowest BCUT2D eigenvalue weighted by molar-refractivity contribution is 0.0429. The first kappa shape index (κ1) is 12.9. The summed E-state index contributed by atoms with van der Waals surface area (Å²) < 4.78 is 28.5. The lowest BCUT2D eigenvalue weighted by atomic mass is 9.99. The first-order valence-electron chi connectivity index (χ1n) is 5.38. The normalized spacial score (nSPS) is 11.5. The standard InChI is InChI=1S/C13H12F2N2O2/c14-13(15,7-1-3-11(18)9(16)5-7)8-2-4-12(19)10(17)6-8/h1-6,18-19H,16-17H2. The Labute approximate surface area is 107 Å². The van der Waals surface area contributed by atoms with Crippen molar-refractivity contribution in [2.45, 2.75) is 5.92 Å². The summed E-state index contributed by atoms with van der Waals surface area (Å²) in [6.07, 6.45) is 0. The average Bonchev–Trinajstić information content (AvgIpc) is 2.35. The van der Waals surface area contributed by atoms with Gasteiger partial charge in [-0.1, -0.05) is 0 Å². The van der Waals surface area contributed by atoms with E-state index in [1.54, 1.807) is 0 Å². The second-order valence-corrected chi connectivity index (χ2v) is 4.12. The number of hydrogen-bond donors (Lipinski definition) is 4. The zero-order valence-corrected chi connectivity index (χ0v) is 9.77. The first-order chi connectivity index (χ1) is 8.82. The molecule has 0 amide bonds. The lowest BCUT2D eigenvalue weighted by Crippen LogP contribution is -2.15. The van der Waals surface area contributed by atoms with Crippen molar-refractivity contribution in [1.82, 2.24) is 0 Å². The average molecular weight is 266 g/mol. The number of nitrogen functional groups attached to an aromatic ring is 2. The quantitative estimate of drug-likeness (QED) is 0.496. The Morgan fingerprint density at radius 2 is 1.16 bits per heavy atom. The Morgan fingerprint density at radius 3 is 1.47 bits per heavy atom. The summed E-state index contributed by atoms with van der Waals surface area (Å²) in [6, 6.07) is 6.35. The van der Waals surface area contributed by atoms with Gasteiger partial charge in [0.1, 0.15) is 11.5 Å². The Balaban J connectivity index is 2.51. The molecule has 0 aliphatic rings. The second-order valence-electron chi connectivity index (χ2n) is 4.12. The maximum absolute atomic E-state index is 14.2. The summed E-state index contributed by atoms with van der Waals surface area (Å²) in [5.41, 5.74) is 9.80. The zero-order chi connectivity index (χ0) is 14.2. The summed E-state index contributed by atoms with van der Waals surface area (Å²) in [7, 11) is 0. The van der Waals surface area contributed by atoms with Gasteiger partial charge in [0.05, 0.1) is 11.4 Å². The third kappa shape index (κ3) is 2.24. The summed E-state index contributed by atoms with van der Waals surface area (Å²) in [5.74, 6) is -3.85. The van der Waals surface area contributed by atoms with E-state index in [-0.39, 0.29) is 34.0 Å². The van der Waals surface area contributed by atoms with Crippen molar-refractivity contribution in [3.05, 3.63) is 47.5 Å². The highest BCUT2D eigenvalue weighted by Gasteiger charge is 2.34. The van der Waals surface area contributed by atoms with Crippen LogP contribution in [0.3, 0.4) is 0 Å². The van der Waals surface area contributed by atoms with Crippen LogP contribution in [0.15, 0.2) is 36.4 Å². The number of rotatable bonds is 2. The number of alkyl halides is 2. The molecule has 2 aromatic carbocycles. The molecule has 0 radical (unpaired) electrons. The Hall–Kier alpha value is -2.50. The molecule has 2 rings (SSSR count). The molecule has 0 unspecified atom stereocenters. The predicted molar refractivity (Wildman–Crippen MR) is 68.0 cm³/mol. The van der Waals surface area contributed by atoms with Crippen molar-refractivity contribution in [3.63, 3.8) is 0 Å². The molecule has 19 heavy (non-hydrogen) atoms. The molecule has 0 heterocycles. The minimum Gasteiger partial charge on any atom is -0.506 e. The van der Waals surface area contributed by atoms with Gasteiger partial charge in [0.25, 0.3) is 5.92 Å². The van der Waals surface area contributed by atoms with Crippen LogP contribution in [-0.2, 0) is 5.92 Å². The smallest absolute Gasteiger partial charge is 0.298 e. The molecule has 0 bridgehead atoms. The fraction of sp³-hybridized carbons (Fsp3) is 0.0769. The number of phenols is 2. The minimum absolute atomic E-state index is 0.135. The molecule has 0 atom stereocenters. The molecule has 0 saturated heterocycles. The molecule has 2 aromatic rings. The van der Waals surface area contributed by atoms with Crippen LogP contribution in [0.1, 0.15) is 11.1 Å². The Morgan fingerprint density at radius 1 is 0.789 bits per heavy atom. The highest BCUT2D eigenvalue weighted by atomic mass is 19.3. The number of aromatic hydroxyl groups is 2. The highest BCUT2D eigenvalue weighted by Crippen LogP contribution is 2.39. The molecule has 0 aliphatic carbocycles. The molecule has 0 saturated carbocycles. The van der Waals surface area contributed by atoms with Crippen LogP contribution >= 0.6 is 0 Å². The van der Waals surface area contributed by atoms with Gasteiger partial charge in [0, 0.05) is 11.1 Å². The van der Waals surface area contributed by atoms with E-state index >= 15 is 0 Å². The van der Waals surface area contributed by atoms with Gasteiger partial charge < -0.3 is 21.7 Å². The van der Waals surface area contributed by atoms with Crippen LogP contribution in [0.4, 0.5) is 20.2 Å². The molecular formula is C13H12F2N2O2. The van der Waals surface area contributed by atoms with Crippen molar-refractivity contribution in [2.75, 3.05) is 11.5 Å². The van der Waals surface area contributed by atoms with Crippen molar-refractivity contribution >= 4 is 11.4 Å². The molecule has 4 nitrogen and oxygen atoms in total. The van der Waals surface area contributed by atoms with Gasteiger partial charge in [-0.25, -0.2) is 0 Å². The van der Waals surface area contributed by atoms with E-state index in [0.29, 0.717) is 0 Å². The van der Waals surface area contributed by atoms with Crippen LogP contribution in [0.2, 0.25) is 0 Å². The molecular weight excluding hydrogens is 254 g/mol. The van der Waals surface area contributed by atoms with E-state index in [0.717, 1.165) is 36.4 Å². The van der Waals surface area contributed by atoms with Crippen LogP contribution < -0.4 is 11.5 Å². The monoisotopic (exact) mass is 266 g/mol. The third-order valence-electron chi connectivity index (χ3n) is 2.78. The predicted octanol–water partition coefficient (Wildman–Crippen LogP) is 2.40. The zero-order valence-electron chi connectivity index (χ0n) is 9.77. The molecule has 0 aliphatic heterocycles. The van der Waals surface area contributed by atoms with Crippen LogP contribution in [0.5, 0.6) is 11.5 Å². The molecule has 6 N–H and O–H groups in total. The van der Waals surface area contributed by atoms with Crippen LogP contribution in [-0.4, -0.2) is 10.2 Å². The number of nitrogens with two attached hydrogens (primary N) is 2. The van der Waals surface area contributed by atoms with Gasteiger partial charge >= 0.3 is 0 Å². The van der Waals surface area contributed by atoms with Crippen molar-refractivity contribution in [3.8, 4) is 11.5 Å². The first-order valence-corrected chi connectivity index (χ1v) is 5.38. The summed E-state index contributed by atoms with van der Waals surface area (Å²) in [4.78, 5) is 0. The SMILES string of the molecule is Nc1cc(C(F)(F)c2ccc(O)c(N)c2)ccc1O. The van der Waals surface area contributed by atoms with Crippen LogP contribution in [0.25, 0.3) is 0 Å². The van der Waals surface area contributed by atoms with Crippen molar-refractivity contribution in [2.24, 2.45) is 0 Å². The summed E-state index contributed by atoms with van der Waals surface area (Å²) >= 11 is 0. The number of benzene rings is 2. The Bertz CT molecular complexity index is 577. The van der Waals surface area contributed by atoms with Gasteiger partial charge in [0.2, 0.25) is 0 Å². The fourth-order valence-corrected chi connectivity index (χ4v) is 1.67. The fourth-order valence-electron chi connectivity index (χ4n) is 1.67. The van der Waals surface area contributed by atoms with Gasteiger partial charge in [0.15, 0.2) is 0 Å². The molecule has 0 fully saturated rings. The van der Waals surface area contributed by atoms with Gasteiger partial charge in [-0.2, -0.15) is 8.78 Å². The largest absolute Gasteiger partial charge is 0.506 e. The highest BCUT2D eigenvalue weighted by molar-refractivity contribution is 5.58.